The summed E-state index contributed by atoms with van der Waals surface area (Å²) >= 11 is 0. The fourth-order valence-electron chi connectivity index (χ4n) is 3.23. The number of aromatic nitrogens is 2. The second-order valence-electron chi connectivity index (χ2n) is 6.98. The third-order valence-electron chi connectivity index (χ3n) is 4.83. The van der Waals surface area contributed by atoms with Gasteiger partial charge in [-0.05, 0) is 31.9 Å². The number of carbonyl (C=O) groups is 2. The van der Waals surface area contributed by atoms with Crippen LogP contribution in [0.25, 0.3) is 16.9 Å². The summed E-state index contributed by atoms with van der Waals surface area (Å²) in [5.74, 6) is -0.781. The Kier molecular flexibility index (Phi) is 5.39. The summed E-state index contributed by atoms with van der Waals surface area (Å²) < 4.78 is 7.00. The van der Waals surface area contributed by atoms with Crippen molar-refractivity contribution in [3.8, 4) is 16.9 Å². The Bertz CT molecular complexity index is 1010. The largest absolute Gasteiger partial charge is 0.368 e. The third kappa shape index (κ3) is 4.20. The van der Waals surface area contributed by atoms with Crippen LogP contribution in [0.1, 0.15) is 28.8 Å². The number of benzene rings is 2. The lowest BCUT2D eigenvalue weighted by Crippen LogP contribution is -2.46. The molecule has 2 heterocycles. The number of hydrogen-bond donors (Lipinski definition) is 2. The quantitative estimate of drug-likeness (QED) is 0.671. The number of amides is 2. The Morgan fingerprint density at radius 1 is 1.07 bits per heavy atom. The maximum absolute atomic E-state index is 12.8. The monoisotopic (exact) mass is 390 g/mol. The molecule has 7 heteroatoms. The number of rotatable bonds is 4. The molecule has 2 N–H and O–H groups in total. The van der Waals surface area contributed by atoms with Crippen LogP contribution in [0.5, 0.6) is 0 Å². The summed E-state index contributed by atoms with van der Waals surface area (Å²) in [6, 6.07) is 17.3. The van der Waals surface area contributed by atoms with Crippen LogP contribution in [-0.4, -0.2) is 34.3 Å². The first-order valence-electron chi connectivity index (χ1n) is 9.56. The number of nitrogens with one attached hydrogen (secondary N) is 2. The summed E-state index contributed by atoms with van der Waals surface area (Å²) in [7, 11) is 0. The fourth-order valence-corrected chi connectivity index (χ4v) is 3.23. The number of hydrogen-bond acceptors (Lipinski definition) is 4. The molecule has 1 aliphatic rings. The zero-order valence-electron chi connectivity index (χ0n) is 16.1. The van der Waals surface area contributed by atoms with Gasteiger partial charge in [0, 0.05) is 18.4 Å². The SMILES string of the molecule is Cc1ccc(-n2cc(C(=O)NNC(=O)C3CCCO3)c(-c3ccccc3)n2)cc1. The molecule has 0 aliphatic carbocycles. The second kappa shape index (κ2) is 8.28. The lowest BCUT2D eigenvalue weighted by Gasteiger charge is -2.11. The van der Waals surface area contributed by atoms with Crippen molar-refractivity contribution in [2.24, 2.45) is 0 Å². The van der Waals surface area contributed by atoms with Gasteiger partial charge in [0.1, 0.15) is 11.8 Å². The highest BCUT2D eigenvalue weighted by Gasteiger charge is 2.25. The standard InChI is InChI=1S/C22H22N4O3/c1-15-9-11-17(12-10-15)26-14-18(20(25-26)16-6-3-2-4-7-16)21(27)23-24-22(28)19-8-5-13-29-19/h2-4,6-7,9-12,14,19H,5,8,13H2,1H3,(H,23,27)(H,24,28). The lowest BCUT2D eigenvalue weighted by atomic mass is 10.1. The number of aryl methyl sites for hydroxylation is 1. The van der Waals surface area contributed by atoms with Crippen LogP contribution in [0.4, 0.5) is 0 Å². The third-order valence-corrected chi connectivity index (χ3v) is 4.83. The van der Waals surface area contributed by atoms with Crippen molar-refractivity contribution in [1.82, 2.24) is 20.6 Å². The molecule has 2 amide bonds. The normalized spacial score (nSPS) is 15.8. The van der Waals surface area contributed by atoms with Crippen LogP contribution in [-0.2, 0) is 9.53 Å². The number of nitrogens with zero attached hydrogens (tertiary/aromatic N) is 2. The molecule has 0 saturated carbocycles. The second-order valence-corrected chi connectivity index (χ2v) is 6.98. The fraction of sp³-hybridized carbons (Fsp3) is 0.227. The molecule has 3 aromatic rings. The van der Waals surface area contributed by atoms with Gasteiger partial charge < -0.3 is 4.74 Å². The van der Waals surface area contributed by atoms with Gasteiger partial charge in [0.05, 0.1) is 11.3 Å². The van der Waals surface area contributed by atoms with Gasteiger partial charge in [-0.1, -0.05) is 48.0 Å². The van der Waals surface area contributed by atoms with Gasteiger partial charge in [-0.25, -0.2) is 4.68 Å². The highest BCUT2D eigenvalue weighted by atomic mass is 16.5. The molecule has 1 aliphatic heterocycles. The van der Waals surface area contributed by atoms with Gasteiger partial charge in [0.2, 0.25) is 0 Å². The lowest BCUT2D eigenvalue weighted by molar-refractivity contribution is -0.130. The Morgan fingerprint density at radius 3 is 2.52 bits per heavy atom. The number of carbonyl (C=O) groups excluding carboxylic acids is 2. The van der Waals surface area contributed by atoms with E-state index in [1.807, 2.05) is 61.5 Å². The van der Waals surface area contributed by atoms with E-state index in [0.717, 1.165) is 23.2 Å². The topological polar surface area (TPSA) is 85.2 Å². The molecule has 1 aromatic heterocycles. The molecule has 0 bridgehead atoms. The van der Waals surface area contributed by atoms with E-state index in [1.165, 1.54) is 0 Å². The molecular formula is C22H22N4O3. The van der Waals surface area contributed by atoms with Crippen molar-refractivity contribution in [1.29, 1.82) is 0 Å². The van der Waals surface area contributed by atoms with E-state index >= 15 is 0 Å². The molecule has 1 atom stereocenters. The molecule has 0 spiro atoms. The molecule has 1 saturated heterocycles. The summed E-state index contributed by atoms with van der Waals surface area (Å²) in [5, 5.41) is 4.62. The van der Waals surface area contributed by atoms with Gasteiger partial charge in [0.25, 0.3) is 11.8 Å². The van der Waals surface area contributed by atoms with E-state index in [1.54, 1.807) is 10.9 Å². The van der Waals surface area contributed by atoms with E-state index in [0.29, 0.717) is 24.3 Å². The Hall–Kier alpha value is -3.45. The molecule has 148 valence electrons. The first-order chi connectivity index (χ1) is 14.1. The zero-order chi connectivity index (χ0) is 20.2. The van der Waals surface area contributed by atoms with Gasteiger partial charge in [-0.2, -0.15) is 5.10 Å². The minimum Gasteiger partial charge on any atom is -0.368 e. The van der Waals surface area contributed by atoms with Crippen molar-refractivity contribution in [2.45, 2.75) is 25.9 Å². The smallest absolute Gasteiger partial charge is 0.273 e. The molecule has 2 aromatic carbocycles. The maximum atomic E-state index is 12.8. The van der Waals surface area contributed by atoms with Gasteiger partial charge >= 0.3 is 0 Å². The van der Waals surface area contributed by atoms with Gasteiger partial charge in [0.15, 0.2) is 0 Å². The van der Waals surface area contributed by atoms with Crippen LogP contribution in [0, 0.1) is 6.92 Å². The van der Waals surface area contributed by atoms with Crippen LogP contribution in [0.3, 0.4) is 0 Å². The van der Waals surface area contributed by atoms with E-state index in [9.17, 15) is 9.59 Å². The number of hydrazine groups is 1. The highest BCUT2D eigenvalue weighted by molar-refractivity contribution is 6.00. The summed E-state index contributed by atoms with van der Waals surface area (Å²) in [6.07, 6.45) is 2.65. The van der Waals surface area contributed by atoms with Crippen LogP contribution < -0.4 is 10.9 Å². The molecule has 1 unspecified atom stereocenters. The summed E-state index contributed by atoms with van der Waals surface area (Å²) in [5.41, 5.74) is 8.64. The molecule has 29 heavy (non-hydrogen) atoms. The van der Waals surface area contributed by atoms with E-state index in [4.69, 9.17) is 4.74 Å². The van der Waals surface area contributed by atoms with Crippen LogP contribution in [0.15, 0.2) is 60.8 Å². The Balaban J connectivity index is 1.60. The van der Waals surface area contributed by atoms with Gasteiger partial charge in [-0.3, -0.25) is 20.4 Å². The molecule has 1 fully saturated rings. The summed E-state index contributed by atoms with van der Waals surface area (Å²) in [4.78, 5) is 25.0. The molecule has 0 radical (unpaired) electrons. The molecule has 4 rings (SSSR count). The van der Waals surface area contributed by atoms with Crippen molar-refractivity contribution in [3.63, 3.8) is 0 Å². The molecular weight excluding hydrogens is 368 g/mol. The minimum absolute atomic E-state index is 0.344. The average molecular weight is 390 g/mol. The number of ether oxygens (including phenoxy) is 1. The van der Waals surface area contributed by atoms with E-state index in [2.05, 4.69) is 16.0 Å². The molecule has 7 nitrogen and oxygen atoms in total. The maximum Gasteiger partial charge on any atom is 0.273 e. The highest BCUT2D eigenvalue weighted by Crippen LogP contribution is 2.23. The van der Waals surface area contributed by atoms with E-state index < -0.39 is 12.0 Å². The van der Waals surface area contributed by atoms with Crippen molar-refractivity contribution in [3.05, 3.63) is 71.9 Å². The zero-order valence-corrected chi connectivity index (χ0v) is 16.1. The average Bonchev–Trinajstić information content (AvgIpc) is 3.43. The van der Waals surface area contributed by atoms with Crippen LogP contribution >= 0.6 is 0 Å². The van der Waals surface area contributed by atoms with Crippen LogP contribution in [0.2, 0.25) is 0 Å². The first-order valence-corrected chi connectivity index (χ1v) is 9.56. The predicted octanol–water partition coefficient (Wildman–Crippen LogP) is 2.79. The minimum atomic E-state index is -0.515. The van der Waals surface area contributed by atoms with Crippen molar-refractivity contribution >= 4 is 11.8 Å². The van der Waals surface area contributed by atoms with Crippen molar-refractivity contribution < 1.29 is 14.3 Å². The predicted molar refractivity (Wildman–Crippen MR) is 108 cm³/mol. The van der Waals surface area contributed by atoms with Crippen molar-refractivity contribution in [2.75, 3.05) is 6.61 Å². The van der Waals surface area contributed by atoms with Gasteiger partial charge in [-0.15, -0.1) is 0 Å². The Morgan fingerprint density at radius 2 is 1.83 bits per heavy atom. The van der Waals surface area contributed by atoms with E-state index in [-0.39, 0.29) is 5.91 Å². The summed E-state index contributed by atoms with van der Waals surface area (Å²) in [6.45, 7) is 2.57. The first kappa shape index (κ1) is 18.9. The Labute approximate surface area is 168 Å².